The molecule has 170 valence electrons. The van der Waals surface area contributed by atoms with Crippen LogP contribution in [0, 0.1) is 18.3 Å². The lowest BCUT2D eigenvalue weighted by molar-refractivity contribution is 0.0529. The van der Waals surface area contributed by atoms with Crippen LogP contribution in [0.4, 0.5) is 5.82 Å². The molecule has 2 atom stereocenters. The van der Waals surface area contributed by atoms with E-state index in [9.17, 15) is 10.4 Å². The zero-order valence-electron chi connectivity index (χ0n) is 18.7. The molecule has 4 rings (SSSR count). The molecule has 0 aliphatic carbocycles. The molecule has 3 heterocycles. The van der Waals surface area contributed by atoms with Gasteiger partial charge in [0.2, 0.25) is 0 Å². The molecule has 1 aliphatic heterocycles. The van der Waals surface area contributed by atoms with E-state index < -0.39 is 6.10 Å². The molecule has 0 saturated carbocycles. The number of hydrogen-bond donors (Lipinski definition) is 2. The predicted molar refractivity (Wildman–Crippen MR) is 125 cm³/mol. The van der Waals surface area contributed by atoms with Crippen LogP contribution in [0.5, 0.6) is 11.5 Å². The first-order valence-corrected chi connectivity index (χ1v) is 10.9. The maximum absolute atomic E-state index is 9.94. The number of benzene rings is 1. The van der Waals surface area contributed by atoms with Gasteiger partial charge in [-0.2, -0.15) is 5.26 Å². The molecule has 0 spiro atoms. The van der Waals surface area contributed by atoms with Crippen molar-refractivity contribution in [1.29, 1.82) is 5.26 Å². The molecule has 33 heavy (non-hydrogen) atoms. The second-order valence-electron chi connectivity index (χ2n) is 8.08. The summed E-state index contributed by atoms with van der Waals surface area (Å²) in [5.74, 6) is 1.97. The Labute approximate surface area is 193 Å². The van der Waals surface area contributed by atoms with E-state index in [4.69, 9.17) is 15.2 Å². The highest BCUT2D eigenvalue weighted by Crippen LogP contribution is 2.35. The first kappa shape index (κ1) is 22.7. The Morgan fingerprint density at radius 1 is 1.30 bits per heavy atom. The molecule has 0 radical (unpaired) electrons. The van der Waals surface area contributed by atoms with Crippen LogP contribution in [0.25, 0.3) is 11.3 Å². The maximum Gasteiger partial charge on any atom is 0.138 e. The Kier molecular flexibility index (Phi) is 6.84. The molecule has 2 aromatic heterocycles. The van der Waals surface area contributed by atoms with Crippen LogP contribution in [0.2, 0.25) is 0 Å². The van der Waals surface area contributed by atoms with Crippen LogP contribution in [-0.2, 0) is 4.74 Å². The number of aliphatic hydroxyl groups excluding tert-OH is 1. The number of aryl methyl sites for hydroxylation is 1. The van der Waals surface area contributed by atoms with Crippen molar-refractivity contribution in [3.63, 3.8) is 0 Å². The second-order valence-corrected chi connectivity index (χ2v) is 8.08. The van der Waals surface area contributed by atoms with Gasteiger partial charge in [0.1, 0.15) is 17.3 Å². The van der Waals surface area contributed by atoms with E-state index in [0.29, 0.717) is 34.9 Å². The van der Waals surface area contributed by atoms with E-state index in [1.54, 1.807) is 30.5 Å². The lowest BCUT2D eigenvalue weighted by Gasteiger charge is -2.32. The average Bonchev–Trinajstić information content (AvgIpc) is 2.83. The van der Waals surface area contributed by atoms with E-state index in [2.05, 4.69) is 20.9 Å². The average molecular weight is 446 g/mol. The zero-order chi connectivity index (χ0) is 23.4. The van der Waals surface area contributed by atoms with Gasteiger partial charge < -0.3 is 25.2 Å². The van der Waals surface area contributed by atoms with E-state index in [-0.39, 0.29) is 12.6 Å². The molecule has 1 aliphatic rings. The van der Waals surface area contributed by atoms with Crippen molar-refractivity contribution in [3.05, 3.63) is 65.5 Å². The molecule has 0 bridgehead atoms. The summed E-state index contributed by atoms with van der Waals surface area (Å²) in [6, 6.07) is 14.8. The first-order chi connectivity index (χ1) is 16.0. The lowest BCUT2D eigenvalue weighted by Crippen LogP contribution is -2.41. The highest BCUT2D eigenvalue weighted by atomic mass is 16.5. The fourth-order valence-electron chi connectivity index (χ4n) is 3.78. The Bertz CT molecular complexity index is 1160. The summed E-state index contributed by atoms with van der Waals surface area (Å²) >= 11 is 0. The van der Waals surface area contributed by atoms with E-state index in [1.165, 1.54) is 0 Å². The Balaban J connectivity index is 1.67. The van der Waals surface area contributed by atoms with Crippen molar-refractivity contribution in [2.24, 2.45) is 5.73 Å². The van der Waals surface area contributed by atoms with Gasteiger partial charge in [-0.25, -0.2) is 4.98 Å². The molecule has 1 saturated heterocycles. The van der Waals surface area contributed by atoms with Crippen molar-refractivity contribution in [2.45, 2.75) is 26.1 Å². The SMILES string of the molecule is Cc1cc(Oc2cc(C#N)ccc2-c2ccc([C@H](O)CN)cn2)cc(N2CCO[C@@H](C)C2)n1. The van der Waals surface area contributed by atoms with Gasteiger partial charge in [-0.05, 0) is 38.1 Å². The van der Waals surface area contributed by atoms with Gasteiger partial charge >= 0.3 is 0 Å². The molecular formula is C25H27N5O3. The van der Waals surface area contributed by atoms with Gasteiger partial charge in [0.05, 0.1) is 36.1 Å². The third-order valence-electron chi connectivity index (χ3n) is 5.49. The summed E-state index contributed by atoms with van der Waals surface area (Å²) in [4.78, 5) is 11.3. The van der Waals surface area contributed by atoms with E-state index in [1.807, 2.05) is 32.0 Å². The lowest BCUT2D eigenvalue weighted by atomic mass is 10.1. The molecule has 3 N–H and O–H groups in total. The third-order valence-corrected chi connectivity index (χ3v) is 5.49. The second kappa shape index (κ2) is 9.96. The Morgan fingerprint density at radius 2 is 2.15 bits per heavy atom. The quantitative estimate of drug-likeness (QED) is 0.593. The van der Waals surface area contributed by atoms with Gasteiger partial charge in [-0.1, -0.05) is 6.07 Å². The van der Waals surface area contributed by atoms with Gasteiger partial charge in [0.15, 0.2) is 0 Å². The minimum atomic E-state index is -0.760. The van der Waals surface area contributed by atoms with Crippen LogP contribution >= 0.6 is 0 Å². The van der Waals surface area contributed by atoms with Gasteiger partial charge in [0.25, 0.3) is 0 Å². The smallest absolute Gasteiger partial charge is 0.138 e. The van der Waals surface area contributed by atoms with Crippen molar-refractivity contribution >= 4 is 5.82 Å². The molecule has 0 unspecified atom stereocenters. The summed E-state index contributed by atoms with van der Waals surface area (Å²) in [5, 5.41) is 19.3. The fraction of sp³-hybridized carbons (Fsp3) is 0.320. The standard InChI is InChI=1S/C25H27N5O3/c1-16-9-20(11-25(29-16)30-7-8-32-17(2)15-30)33-24-10-18(12-26)3-5-21(24)22-6-4-19(14-28-22)23(31)13-27/h3-6,9-11,14,17,23,31H,7-8,13,15,27H2,1-2H3/t17-,23+/m0/s1. The minimum Gasteiger partial charge on any atom is -0.456 e. The van der Waals surface area contributed by atoms with Crippen LogP contribution in [0.15, 0.2) is 48.7 Å². The number of ether oxygens (including phenoxy) is 2. The number of nitriles is 1. The molecular weight excluding hydrogens is 418 g/mol. The Morgan fingerprint density at radius 3 is 2.85 bits per heavy atom. The molecule has 8 heteroatoms. The molecule has 1 aromatic carbocycles. The highest BCUT2D eigenvalue weighted by Gasteiger charge is 2.19. The topological polar surface area (TPSA) is 118 Å². The van der Waals surface area contributed by atoms with Crippen LogP contribution in [-0.4, -0.2) is 47.4 Å². The molecule has 3 aromatic rings. The maximum atomic E-state index is 9.94. The van der Waals surface area contributed by atoms with Gasteiger partial charge in [-0.3, -0.25) is 4.98 Å². The van der Waals surface area contributed by atoms with Gasteiger partial charge in [-0.15, -0.1) is 0 Å². The number of pyridine rings is 2. The summed E-state index contributed by atoms with van der Waals surface area (Å²) in [7, 11) is 0. The largest absolute Gasteiger partial charge is 0.456 e. The monoisotopic (exact) mass is 445 g/mol. The van der Waals surface area contributed by atoms with Crippen molar-refractivity contribution < 1.29 is 14.6 Å². The molecule has 8 nitrogen and oxygen atoms in total. The van der Waals surface area contributed by atoms with Gasteiger partial charge in [0, 0.05) is 54.8 Å². The number of morpholine rings is 1. The molecule has 1 fully saturated rings. The van der Waals surface area contributed by atoms with Crippen molar-refractivity contribution in [1.82, 2.24) is 9.97 Å². The number of aliphatic hydroxyl groups is 1. The number of nitrogens with zero attached hydrogens (tertiary/aromatic N) is 4. The van der Waals surface area contributed by atoms with Crippen LogP contribution in [0.3, 0.4) is 0 Å². The number of rotatable bonds is 6. The minimum absolute atomic E-state index is 0.123. The summed E-state index contributed by atoms with van der Waals surface area (Å²) in [6.07, 6.45) is 0.976. The van der Waals surface area contributed by atoms with Crippen LogP contribution in [0.1, 0.15) is 29.8 Å². The van der Waals surface area contributed by atoms with E-state index in [0.717, 1.165) is 30.2 Å². The van der Waals surface area contributed by atoms with Crippen LogP contribution < -0.4 is 15.4 Å². The number of nitrogens with two attached hydrogens (primary N) is 1. The van der Waals surface area contributed by atoms with Crippen molar-refractivity contribution in [3.8, 4) is 28.8 Å². The predicted octanol–water partition coefficient (Wildman–Crippen LogP) is 3.33. The van der Waals surface area contributed by atoms with Crippen molar-refractivity contribution in [2.75, 3.05) is 31.1 Å². The highest BCUT2D eigenvalue weighted by molar-refractivity contribution is 5.69. The number of aromatic nitrogens is 2. The summed E-state index contributed by atoms with van der Waals surface area (Å²) in [6.45, 7) is 6.27. The normalized spacial score (nSPS) is 16.8. The fourth-order valence-corrected chi connectivity index (χ4v) is 3.78. The number of hydrogen-bond acceptors (Lipinski definition) is 8. The first-order valence-electron chi connectivity index (χ1n) is 10.9. The van der Waals surface area contributed by atoms with E-state index >= 15 is 0 Å². The zero-order valence-corrected chi connectivity index (χ0v) is 18.7. The summed E-state index contributed by atoms with van der Waals surface area (Å²) in [5.41, 5.74) is 8.89. The molecule has 0 amide bonds. The number of anilines is 1. The summed E-state index contributed by atoms with van der Waals surface area (Å²) < 4.78 is 11.9. The third kappa shape index (κ3) is 5.29. The Hall–Kier alpha value is -3.51.